The van der Waals surface area contributed by atoms with Crippen LogP contribution >= 0.6 is 0 Å². The first-order valence-corrected chi connectivity index (χ1v) is 15.9. The van der Waals surface area contributed by atoms with Crippen LogP contribution in [0.25, 0.3) is 5.57 Å². The van der Waals surface area contributed by atoms with Crippen molar-refractivity contribution < 1.29 is 14.3 Å². The van der Waals surface area contributed by atoms with Gasteiger partial charge < -0.3 is 10.8 Å². The van der Waals surface area contributed by atoms with Crippen molar-refractivity contribution in [1.29, 1.82) is 0 Å². The molecule has 0 aliphatic heterocycles. The maximum absolute atomic E-state index is 14.8. The highest BCUT2D eigenvalue weighted by Crippen LogP contribution is 2.71. The van der Waals surface area contributed by atoms with Crippen molar-refractivity contribution in [3.63, 3.8) is 0 Å². The first kappa shape index (κ1) is 28.2. The average Bonchev–Trinajstić information content (AvgIpc) is 3.14. The van der Waals surface area contributed by atoms with Gasteiger partial charge in [0.15, 0.2) is 0 Å². The molecule has 1 aromatic rings. The summed E-state index contributed by atoms with van der Waals surface area (Å²) >= 11 is 0. The summed E-state index contributed by atoms with van der Waals surface area (Å²) in [7, 11) is 0. The Labute approximate surface area is 240 Å². The molecule has 3 nitrogen and oxygen atoms in total. The van der Waals surface area contributed by atoms with Crippen LogP contribution in [0.5, 0.6) is 0 Å². The van der Waals surface area contributed by atoms with Gasteiger partial charge in [0.05, 0.1) is 5.56 Å². The third-order valence-corrected chi connectivity index (χ3v) is 13.7. The van der Waals surface area contributed by atoms with Gasteiger partial charge in [0, 0.05) is 5.54 Å². The van der Waals surface area contributed by atoms with Crippen molar-refractivity contribution in [3.05, 3.63) is 53.4 Å². The van der Waals surface area contributed by atoms with E-state index in [-0.39, 0.29) is 21.9 Å². The summed E-state index contributed by atoms with van der Waals surface area (Å²) in [4.78, 5) is 11.4. The Hall–Kier alpha value is -1.94. The van der Waals surface area contributed by atoms with Crippen LogP contribution in [-0.4, -0.2) is 16.6 Å². The quantitative estimate of drug-likeness (QED) is 0.371. The molecule has 6 rings (SSSR count). The zero-order valence-corrected chi connectivity index (χ0v) is 25.4. The minimum absolute atomic E-state index is 0.00622. The van der Waals surface area contributed by atoms with Gasteiger partial charge >= 0.3 is 5.97 Å². The number of aromatic carboxylic acids is 1. The fourth-order valence-corrected chi connectivity index (χ4v) is 11.8. The Balaban J connectivity index is 1.36. The highest BCUT2D eigenvalue weighted by Gasteiger charge is 2.65. The molecule has 0 amide bonds. The number of nitrogens with two attached hydrogens (primary N) is 1. The lowest BCUT2D eigenvalue weighted by atomic mass is 9.41. The predicted octanol–water partition coefficient (Wildman–Crippen LogP) is 8.89. The number of allylic oxidation sites excluding steroid dienone is 3. The summed E-state index contributed by atoms with van der Waals surface area (Å²) in [6, 6.07) is 4.70. The van der Waals surface area contributed by atoms with Crippen molar-refractivity contribution >= 4 is 11.5 Å². The summed E-state index contributed by atoms with van der Waals surface area (Å²) < 4.78 is 14.8. The van der Waals surface area contributed by atoms with Gasteiger partial charge in [0.2, 0.25) is 0 Å². The Morgan fingerprint density at radius 2 is 1.68 bits per heavy atom. The van der Waals surface area contributed by atoms with Crippen molar-refractivity contribution in [3.8, 4) is 0 Å². The van der Waals surface area contributed by atoms with Gasteiger partial charge in [0.1, 0.15) is 5.82 Å². The van der Waals surface area contributed by atoms with Crippen LogP contribution in [0, 0.1) is 57.6 Å². The number of rotatable bonds is 3. The topological polar surface area (TPSA) is 63.3 Å². The Morgan fingerprint density at radius 3 is 2.35 bits per heavy atom. The normalized spacial score (nSPS) is 43.8. The van der Waals surface area contributed by atoms with Crippen LogP contribution in [0.15, 0.2) is 36.4 Å². The Bertz CT molecular complexity index is 1270. The Morgan fingerprint density at radius 1 is 0.975 bits per heavy atom. The number of halogens is 1. The summed E-state index contributed by atoms with van der Waals surface area (Å²) in [6.45, 7) is 16.6. The van der Waals surface area contributed by atoms with E-state index in [0.717, 1.165) is 30.7 Å². The zero-order chi connectivity index (χ0) is 28.8. The second kappa shape index (κ2) is 9.28. The highest BCUT2D eigenvalue weighted by atomic mass is 19.1. The maximum Gasteiger partial charge on any atom is 0.338 e. The van der Waals surface area contributed by atoms with Crippen molar-refractivity contribution in [1.82, 2.24) is 0 Å². The van der Waals surface area contributed by atoms with Gasteiger partial charge in [0.25, 0.3) is 0 Å². The lowest BCUT2D eigenvalue weighted by molar-refractivity contribution is -0.131. The fraction of sp³-hybridized carbons (Fsp3) is 0.694. The summed E-state index contributed by atoms with van der Waals surface area (Å²) in [5.74, 6) is 1.89. The summed E-state index contributed by atoms with van der Waals surface area (Å²) in [5, 5.41) is 9.34. The number of carboxylic acid groups (broad SMARTS) is 1. The molecule has 0 aromatic heterocycles. The van der Waals surface area contributed by atoms with Gasteiger partial charge in [-0.05, 0) is 140 Å². The third kappa shape index (κ3) is 3.87. The molecule has 0 radical (unpaired) electrons. The fourth-order valence-electron chi connectivity index (χ4n) is 11.8. The predicted molar refractivity (Wildman–Crippen MR) is 160 cm³/mol. The van der Waals surface area contributed by atoms with Gasteiger partial charge in [-0.1, -0.05) is 58.4 Å². The summed E-state index contributed by atoms with van der Waals surface area (Å²) in [6.07, 6.45) is 14.5. The van der Waals surface area contributed by atoms with Crippen LogP contribution in [0.1, 0.15) is 115 Å². The van der Waals surface area contributed by atoms with E-state index in [1.54, 1.807) is 0 Å². The molecular weight excluding hydrogens is 497 g/mol. The molecule has 3 N–H and O–H groups in total. The van der Waals surface area contributed by atoms with E-state index in [0.29, 0.717) is 35.0 Å². The van der Waals surface area contributed by atoms with Crippen molar-refractivity contribution in [2.45, 2.75) is 104 Å². The minimum atomic E-state index is -1.21. The number of carbonyl (C=O) groups is 1. The molecule has 4 heteroatoms. The van der Waals surface area contributed by atoms with E-state index in [2.05, 4.69) is 47.3 Å². The van der Waals surface area contributed by atoms with Crippen LogP contribution in [-0.2, 0) is 0 Å². The number of fused-ring (bicyclic) bond motifs is 7. The van der Waals surface area contributed by atoms with Crippen LogP contribution in [0.4, 0.5) is 4.39 Å². The molecule has 0 saturated heterocycles. The molecule has 4 fully saturated rings. The molecule has 0 heterocycles. The number of carboxylic acids is 1. The SMILES string of the molecule is C=C(C)[C@@H]1CC[C@]2(N)CC[C@]3(C)[C@H](CC[C@H]4[C@@H]3CCC[C@H]3C(C)(C)C(c5ccc(C(=O)O)c(F)c5)=CC[C@]43C)[C@@H]12. The van der Waals surface area contributed by atoms with Gasteiger partial charge in [-0.2, -0.15) is 0 Å². The van der Waals surface area contributed by atoms with Crippen LogP contribution in [0.2, 0.25) is 0 Å². The number of hydrogen-bond donors (Lipinski definition) is 2. The van der Waals surface area contributed by atoms with E-state index in [4.69, 9.17) is 5.73 Å². The first-order chi connectivity index (χ1) is 18.7. The van der Waals surface area contributed by atoms with Crippen LogP contribution in [0.3, 0.4) is 0 Å². The molecular formula is C36H50FNO2. The molecule has 218 valence electrons. The third-order valence-electron chi connectivity index (χ3n) is 13.7. The second-order valence-corrected chi connectivity index (χ2v) is 15.7. The van der Waals surface area contributed by atoms with E-state index >= 15 is 0 Å². The zero-order valence-electron chi connectivity index (χ0n) is 25.4. The molecule has 0 bridgehead atoms. The lowest BCUT2D eigenvalue weighted by Gasteiger charge is -2.64. The molecule has 9 atom stereocenters. The molecule has 4 saturated carbocycles. The van der Waals surface area contributed by atoms with E-state index in [9.17, 15) is 14.3 Å². The smallest absolute Gasteiger partial charge is 0.338 e. The Kier molecular flexibility index (Phi) is 6.54. The summed E-state index contributed by atoms with van der Waals surface area (Å²) in [5.41, 5.74) is 10.7. The van der Waals surface area contributed by atoms with Crippen molar-refractivity contribution in [2.75, 3.05) is 0 Å². The van der Waals surface area contributed by atoms with E-state index < -0.39 is 11.8 Å². The standard InChI is InChI=1S/C36H50FNO2/c1-21(2)23-14-17-36(38)19-18-34(5)26-8-7-9-30-33(3,4)25(22-10-11-24(32(39)40)29(37)20-22)15-16-35(30,6)27(26)12-13-28(34)31(23)36/h10-11,15,20,23,26-28,30-31H,1,7-9,12-14,16-19,38H2,2-6H3,(H,39,40)/t23-,26-,27-,28+,30-,31+,34-,35+,36-/m0/s1. The molecule has 0 unspecified atom stereocenters. The first-order valence-electron chi connectivity index (χ1n) is 15.9. The van der Waals surface area contributed by atoms with E-state index in [1.807, 2.05) is 6.07 Å². The lowest BCUT2D eigenvalue weighted by Crippen LogP contribution is -2.61. The highest BCUT2D eigenvalue weighted by molar-refractivity contribution is 5.88. The van der Waals surface area contributed by atoms with Gasteiger partial charge in [-0.3, -0.25) is 0 Å². The molecule has 40 heavy (non-hydrogen) atoms. The largest absolute Gasteiger partial charge is 0.478 e. The van der Waals surface area contributed by atoms with Crippen LogP contribution < -0.4 is 5.73 Å². The van der Waals surface area contributed by atoms with E-state index in [1.165, 1.54) is 68.2 Å². The van der Waals surface area contributed by atoms with Gasteiger partial charge in [-0.25, -0.2) is 9.18 Å². The molecule has 5 aliphatic rings. The second-order valence-electron chi connectivity index (χ2n) is 15.7. The van der Waals surface area contributed by atoms with Gasteiger partial charge in [-0.15, -0.1) is 0 Å². The number of benzene rings is 1. The molecule has 5 aliphatic carbocycles. The molecule has 1 aromatic carbocycles. The molecule has 0 spiro atoms. The maximum atomic E-state index is 14.8. The monoisotopic (exact) mass is 547 g/mol. The van der Waals surface area contributed by atoms with Crippen molar-refractivity contribution in [2.24, 2.45) is 57.5 Å². The minimum Gasteiger partial charge on any atom is -0.478 e. The number of hydrogen-bond acceptors (Lipinski definition) is 2. The average molecular weight is 548 g/mol.